The molecule has 0 saturated heterocycles. The van der Waals surface area contributed by atoms with Crippen LogP contribution in [0.1, 0.15) is 11.6 Å². The molecule has 6 heteroatoms. The van der Waals surface area contributed by atoms with Crippen LogP contribution in [0.3, 0.4) is 0 Å². The zero-order valence-electron chi connectivity index (χ0n) is 13.5. The normalized spacial score (nSPS) is 11.2. The smallest absolute Gasteiger partial charge is 0.333 e. The van der Waals surface area contributed by atoms with Gasteiger partial charge >= 0.3 is 5.97 Å². The van der Waals surface area contributed by atoms with Gasteiger partial charge in [0.15, 0.2) is 24.1 Å². The lowest BCUT2D eigenvalue weighted by Gasteiger charge is -2.17. The third-order valence-corrected chi connectivity index (χ3v) is 3.30. The van der Waals surface area contributed by atoms with Crippen molar-refractivity contribution in [1.29, 1.82) is 0 Å². The lowest BCUT2D eigenvalue weighted by Crippen LogP contribution is -2.37. The zero-order valence-corrected chi connectivity index (χ0v) is 13.5. The molecule has 0 bridgehead atoms. The van der Waals surface area contributed by atoms with Gasteiger partial charge in [0.1, 0.15) is 0 Å². The van der Waals surface area contributed by atoms with Gasteiger partial charge < -0.3 is 19.5 Å². The van der Waals surface area contributed by atoms with Crippen molar-refractivity contribution in [1.82, 2.24) is 5.32 Å². The first-order valence-corrected chi connectivity index (χ1v) is 7.33. The molecule has 0 saturated carbocycles. The molecule has 0 unspecified atom stereocenters. The molecule has 2 aromatic carbocycles. The van der Waals surface area contributed by atoms with Crippen molar-refractivity contribution in [2.45, 2.75) is 6.04 Å². The average Bonchev–Trinajstić information content (AvgIpc) is 2.64. The highest BCUT2D eigenvalue weighted by atomic mass is 16.5. The van der Waals surface area contributed by atoms with Gasteiger partial charge in [0.2, 0.25) is 0 Å². The van der Waals surface area contributed by atoms with Gasteiger partial charge in [-0.05, 0) is 17.7 Å². The quantitative estimate of drug-likeness (QED) is 0.788. The number of esters is 1. The SMILES string of the molecule is COC(=O)[C@H](NC(=O)COc1ccccc1OC)c1ccccc1. The topological polar surface area (TPSA) is 73.9 Å². The van der Waals surface area contributed by atoms with E-state index in [1.54, 1.807) is 48.5 Å². The van der Waals surface area contributed by atoms with Crippen molar-refractivity contribution >= 4 is 11.9 Å². The van der Waals surface area contributed by atoms with Crippen LogP contribution in [0.25, 0.3) is 0 Å². The van der Waals surface area contributed by atoms with Gasteiger partial charge in [-0.25, -0.2) is 4.79 Å². The van der Waals surface area contributed by atoms with Crippen molar-refractivity contribution in [3.8, 4) is 11.5 Å². The van der Waals surface area contributed by atoms with E-state index >= 15 is 0 Å². The minimum Gasteiger partial charge on any atom is -0.493 e. The van der Waals surface area contributed by atoms with Crippen LogP contribution in [0.2, 0.25) is 0 Å². The van der Waals surface area contributed by atoms with Gasteiger partial charge in [0.25, 0.3) is 5.91 Å². The number of amides is 1. The number of nitrogens with one attached hydrogen (secondary N) is 1. The second-order valence-corrected chi connectivity index (χ2v) is 4.87. The molecule has 2 aromatic rings. The van der Waals surface area contributed by atoms with E-state index in [1.165, 1.54) is 14.2 Å². The number of hydrogen-bond acceptors (Lipinski definition) is 5. The largest absolute Gasteiger partial charge is 0.493 e. The molecule has 0 aromatic heterocycles. The predicted molar refractivity (Wildman–Crippen MR) is 87.8 cm³/mol. The highest BCUT2D eigenvalue weighted by Gasteiger charge is 2.23. The van der Waals surface area contributed by atoms with Crippen molar-refractivity contribution in [3.63, 3.8) is 0 Å². The van der Waals surface area contributed by atoms with E-state index in [-0.39, 0.29) is 6.61 Å². The Hall–Kier alpha value is -3.02. The van der Waals surface area contributed by atoms with E-state index in [0.717, 1.165) is 0 Å². The first-order valence-electron chi connectivity index (χ1n) is 7.33. The number of carbonyl (C=O) groups is 2. The fourth-order valence-corrected chi connectivity index (χ4v) is 2.13. The fourth-order valence-electron chi connectivity index (χ4n) is 2.13. The van der Waals surface area contributed by atoms with Crippen LogP contribution < -0.4 is 14.8 Å². The highest BCUT2D eigenvalue weighted by Crippen LogP contribution is 2.25. The minimum absolute atomic E-state index is 0.249. The number of para-hydroxylation sites is 2. The van der Waals surface area contributed by atoms with Gasteiger partial charge in [-0.15, -0.1) is 0 Å². The molecular formula is C18H19NO5. The summed E-state index contributed by atoms with van der Waals surface area (Å²) in [6.07, 6.45) is 0. The van der Waals surface area contributed by atoms with Gasteiger partial charge in [-0.3, -0.25) is 4.79 Å². The Balaban J connectivity index is 2.02. The summed E-state index contributed by atoms with van der Waals surface area (Å²) in [4.78, 5) is 24.1. The number of hydrogen-bond donors (Lipinski definition) is 1. The van der Waals surface area contributed by atoms with Crippen LogP contribution in [0, 0.1) is 0 Å². The van der Waals surface area contributed by atoms with Gasteiger partial charge in [-0.1, -0.05) is 42.5 Å². The molecule has 0 spiro atoms. The monoisotopic (exact) mass is 329 g/mol. The highest BCUT2D eigenvalue weighted by molar-refractivity contribution is 5.86. The lowest BCUT2D eigenvalue weighted by atomic mass is 10.1. The maximum atomic E-state index is 12.1. The third-order valence-electron chi connectivity index (χ3n) is 3.30. The Morgan fingerprint density at radius 3 is 2.21 bits per heavy atom. The summed E-state index contributed by atoms with van der Waals surface area (Å²) in [6, 6.07) is 15.0. The van der Waals surface area contributed by atoms with Gasteiger partial charge in [-0.2, -0.15) is 0 Å². The van der Waals surface area contributed by atoms with E-state index in [4.69, 9.17) is 14.2 Å². The van der Waals surface area contributed by atoms with E-state index in [9.17, 15) is 9.59 Å². The number of carbonyl (C=O) groups excluding carboxylic acids is 2. The van der Waals surface area contributed by atoms with Crippen LogP contribution in [0.5, 0.6) is 11.5 Å². The zero-order chi connectivity index (χ0) is 17.4. The van der Waals surface area contributed by atoms with E-state index < -0.39 is 17.9 Å². The van der Waals surface area contributed by atoms with E-state index in [2.05, 4.69) is 5.32 Å². The van der Waals surface area contributed by atoms with E-state index in [1.807, 2.05) is 6.07 Å². The molecule has 0 radical (unpaired) electrons. The number of rotatable bonds is 7. The fraction of sp³-hybridized carbons (Fsp3) is 0.222. The van der Waals surface area contributed by atoms with Crippen LogP contribution in [0.4, 0.5) is 0 Å². The number of methoxy groups -OCH3 is 2. The van der Waals surface area contributed by atoms with Crippen LogP contribution in [-0.2, 0) is 14.3 Å². The predicted octanol–water partition coefficient (Wildman–Crippen LogP) is 2.10. The first kappa shape index (κ1) is 17.3. The summed E-state index contributed by atoms with van der Waals surface area (Å²) >= 11 is 0. The summed E-state index contributed by atoms with van der Waals surface area (Å²) in [5, 5.41) is 2.61. The second-order valence-electron chi connectivity index (χ2n) is 4.87. The standard InChI is InChI=1S/C18H19NO5/c1-22-14-10-6-7-11-15(14)24-12-16(20)19-17(18(21)23-2)13-8-4-3-5-9-13/h3-11,17H,12H2,1-2H3,(H,19,20)/t17-/m1/s1. The molecule has 24 heavy (non-hydrogen) atoms. The molecule has 0 aliphatic heterocycles. The first-order chi connectivity index (χ1) is 11.7. The molecule has 126 valence electrons. The Kier molecular flexibility index (Phi) is 6.19. The molecule has 1 amide bonds. The maximum Gasteiger partial charge on any atom is 0.333 e. The van der Waals surface area contributed by atoms with Crippen molar-refractivity contribution in [2.75, 3.05) is 20.8 Å². The Labute approximate surface area is 140 Å². The van der Waals surface area contributed by atoms with Gasteiger partial charge in [0, 0.05) is 0 Å². The molecule has 2 rings (SSSR count). The Morgan fingerprint density at radius 1 is 0.958 bits per heavy atom. The summed E-state index contributed by atoms with van der Waals surface area (Å²) in [7, 11) is 2.79. The molecule has 0 aliphatic carbocycles. The maximum absolute atomic E-state index is 12.1. The molecule has 1 atom stereocenters. The van der Waals surface area contributed by atoms with E-state index in [0.29, 0.717) is 17.1 Å². The molecule has 0 fully saturated rings. The lowest BCUT2D eigenvalue weighted by molar-refractivity contribution is -0.145. The Morgan fingerprint density at radius 2 is 1.58 bits per heavy atom. The molecule has 1 N–H and O–H groups in total. The van der Waals surface area contributed by atoms with Crippen molar-refractivity contribution < 1.29 is 23.8 Å². The van der Waals surface area contributed by atoms with Gasteiger partial charge in [0.05, 0.1) is 14.2 Å². The summed E-state index contributed by atoms with van der Waals surface area (Å²) in [5.74, 6) is -0.0191. The summed E-state index contributed by atoms with van der Waals surface area (Å²) in [6.45, 7) is -0.249. The van der Waals surface area contributed by atoms with Crippen LogP contribution in [-0.4, -0.2) is 32.7 Å². The second kappa shape index (κ2) is 8.57. The van der Waals surface area contributed by atoms with Crippen LogP contribution >= 0.6 is 0 Å². The number of ether oxygens (including phenoxy) is 3. The summed E-state index contributed by atoms with van der Waals surface area (Å²) in [5.41, 5.74) is 0.634. The third kappa shape index (κ3) is 4.49. The molecule has 6 nitrogen and oxygen atoms in total. The van der Waals surface area contributed by atoms with Crippen molar-refractivity contribution in [2.24, 2.45) is 0 Å². The minimum atomic E-state index is -0.884. The molecular weight excluding hydrogens is 310 g/mol. The molecule has 0 heterocycles. The molecule has 0 aliphatic rings. The van der Waals surface area contributed by atoms with Crippen molar-refractivity contribution in [3.05, 3.63) is 60.2 Å². The summed E-state index contributed by atoms with van der Waals surface area (Å²) < 4.78 is 15.4. The average molecular weight is 329 g/mol. The number of benzene rings is 2. The Bertz CT molecular complexity index is 687. The van der Waals surface area contributed by atoms with Crippen LogP contribution in [0.15, 0.2) is 54.6 Å².